The molecule has 0 aliphatic rings. The molecular formula is C16H22FN3. The zero-order valence-electron chi connectivity index (χ0n) is 12.6. The maximum absolute atomic E-state index is 13.8. The molecule has 0 saturated heterocycles. The summed E-state index contributed by atoms with van der Waals surface area (Å²) in [5.74, 6) is -0.164. The lowest BCUT2D eigenvalue weighted by molar-refractivity contribution is 0.553. The standard InChI is InChI=1S/C16H22FN3/c1-5-20-12(4)15(10-19-20)13-6-7-16(17)14(8-13)9-18-11(2)3/h6-8,10-11,18H,5,9H2,1-4H3. The summed E-state index contributed by atoms with van der Waals surface area (Å²) >= 11 is 0. The topological polar surface area (TPSA) is 29.9 Å². The van der Waals surface area contributed by atoms with Gasteiger partial charge in [-0.25, -0.2) is 4.39 Å². The van der Waals surface area contributed by atoms with Crippen LogP contribution in [0.4, 0.5) is 4.39 Å². The summed E-state index contributed by atoms with van der Waals surface area (Å²) in [6.07, 6.45) is 1.85. The zero-order valence-corrected chi connectivity index (χ0v) is 12.6. The monoisotopic (exact) mass is 275 g/mol. The van der Waals surface area contributed by atoms with E-state index in [1.807, 2.05) is 29.9 Å². The van der Waals surface area contributed by atoms with Crippen molar-refractivity contribution >= 4 is 0 Å². The van der Waals surface area contributed by atoms with E-state index in [0.717, 1.165) is 23.4 Å². The highest BCUT2D eigenvalue weighted by Gasteiger charge is 2.10. The first-order valence-electron chi connectivity index (χ1n) is 7.07. The van der Waals surface area contributed by atoms with E-state index >= 15 is 0 Å². The Balaban J connectivity index is 2.32. The zero-order chi connectivity index (χ0) is 14.7. The molecule has 1 heterocycles. The molecule has 0 aliphatic heterocycles. The van der Waals surface area contributed by atoms with Crippen LogP contribution in [0.25, 0.3) is 11.1 Å². The van der Waals surface area contributed by atoms with Crippen molar-refractivity contribution in [3.8, 4) is 11.1 Å². The predicted octanol–water partition coefficient (Wildman–Crippen LogP) is 3.52. The molecule has 0 unspecified atom stereocenters. The van der Waals surface area contributed by atoms with Gasteiger partial charge in [0.1, 0.15) is 5.82 Å². The van der Waals surface area contributed by atoms with Crippen LogP contribution in [-0.2, 0) is 13.1 Å². The molecule has 1 aromatic heterocycles. The van der Waals surface area contributed by atoms with Crippen molar-refractivity contribution in [2.45, 2.75) is 46.8 Å². The van der Waals surface area contributed by atoms with E-state index in [0.29, 0.717) is 18.2 Å². The summed E-state index contributed by atoms with van der Waals surface area (Å²) in [5, 5.41) is 7.60. The molecule has 0 radical (unpaired) electrons. The van der Waals surface area contributed by atoms with Gasteiger partial charge in [0, 0.05) is 36.0 Å². The van der Waals surface area contributed by atoms with Crippen LogP contribution in [0.3, 0.4) is 0 Å². The largest absolute Gasteiger partial charge is 0.310 e. The van der Waals surface area contributed by atoms with Crippen LogP contribution in [0.1, 0.15) is 32.0 Å². The highest BCUT2D eigenvalue weighted by molar-refractivity contribution is 5.66. The summed E-state index contributed by atoms with van der Waals surface area (Å²) in [5.41, 5.74) is 3.89. The van der Waals surface area contributed by atoms with Crippen LogP contribution >= 0.6 is 0 Å². The number of aryl methyl sites for hydroxylation is 1. The number of benzene rings is 1. The van der Waals surface area contributed by atoms with Crippen molar-refractivity contribution in [1.82, 2.24) is 15.1 Å². The average Bonchev–Trinajstić information content (AvgIpc) is 2.79. The number of rotatable bonds is 5. The predicted molar refractivity (Wildman–Crippen MR) is 80.0 cm³/mol. The Morgan fingerprint density at radius 1 is 1.35 bits per heavy atom. The Kier molecular flexibility index (Phi) is 4.55. The molecule has 0 aliphatic carbocycles. The minimum absolute atomic E-state index is 0.164. The van der Waals surface area contributed by atoms with Gasteiger partial charge in [-0.2, -0.15) is 5.10 Å². The van der Waals surface area contributed by atoms with Gasteiger partial charge in [-0.05, 0) is 31.5 Å². The quantitative estimate of drug-likeness (QED) is 0.905. The fraction of sp³-hybridized carbons (Fsp3) is 0.438. The molecule has 0 saturated carbocycles. The fourth-order valence-electron chi connectivity index (χ4n) is 2.24. The molecule has 0 atom stereocenters. The molecule has 4 heteroatoms. The van der Waals surface area contributed by atoms with Crippen LogP contribution in [-0.4, -0.2) is 15.8 Å². The Morgan fingerprint density at radius 2 is 2.10 bits per heavy atom. The van der Waals surface area contributed by atoms with E-state index in [2.05, 4.69) is 31.2 Å². The molecule has 2 rings (SSSR count). The van der Waals surface area contributed by atoms with Crippen molar-refractivity contribution in [1.29, 1.82) is 0 Å². The molecule has 20 heavy (non-hydrogen) atoms. The SMILES string of the molecule is CCn1ncc(-c2ccc(F)c(CNC(C)C)c2)c1C. The van der Waals surface area contributed by atoms with Crippen molar-refractivity contribution in [3.05, 3.63) is 41.5 Å². The van der Waals surface area contributed by atoms with Crippen molar-refractivity contribution in [2.24, 2.45) is 0 Å². The Morgan fingerprint density at radius 3 is 2.70 bits per heavy atom. The van der Waals surface area contributed by atoms with Crippen LogP contribution in [0.5, 0.6) is 0 Å². The van der Waals surface area contributed by atoms with E-state index in [4.69, 9.17) is 0 Å². The molecule has 0 spiro atoms. The van der Waals surface area contributed by atoms with Crippen LogP contribution in [0, 0.1) is 12.7 Å². The molecule has 0 fully saturated rings. The maximum atomic E-state index is 13.8. The lowest BCUT2D eigenvalue weighted by Gasteiger charge is -2.10. The van der Waals surface area contributed by atoms with Gasteiger partial charge in [-0.3, -0.25) is 4.68 Å². The lowest BCUT2D eigenvalue weighted by atomic mass is 10.0. The molecule has 0 bridgehead atoms. The van der Waals surface area contributed by atoms with Crippen LogP contribution < -0.4 is 5.32 Å². The average molecular weight is 275 g/mol. The Hall–Kier alpha value is -1.68. The Bertz CT molecular complexity index is 587. The van der Waals surface area contributed by atoms with E-state index in [-0.39, 0.29) is 5.82 Å². The summed E-state index contributed by atoms with van der Waals surface area (Å²) in [6.45, 7) is 9.59. The summed E-state index contributed by atoms with van der Waals surface area (Å²) in [6, 6.07) is 5.60. The van der Waals surface area contributed by atoms with Crippen molar-refractivity contribution in [3.63, 3.8) is 0 Å². The number of halogens is 1. The molecule has 0 amide bonds. The molecule has 108 valence electrons. The normalized spacial score (nSPS) is 11.3. The second-order valence-corrected chi connectivity index (χ2v) is 5.30. The number of nitrogens with one attached hydrogen (secondary N) is 1. The van der Waals surface area contributed by atoms with Crippen LogP contribution in [0.2, 0.25) is 0 Å². The molecule has 2 aromatic rings. The number of aromatic nitrogens is 2. The third-order valence-electron chi connectivity index (χ3n) is 3.46. The number of hydrogen-bond donors (Lipinski definition) is 1. The molecule has 1 N–H and O–H groups in total. The summed E-state index contributed by atoms with van der Waals surface area (Å²) in [4.78, 5) is 0. The van der Waals surface area contributed by atoms with Crippen molar-refractivity contribution < 1.29 is 4.39 Å². The second-order valence-electron chi connectivity index (χ2n) is 5.30. The fourth-order valence-corrected chi connectivity index (χ4v) is 2.24. The summed E-state index contributed by atoms with van der Waals surface area (Å²) in [7, 11) is 0. The van der Waals surface area contributed by atoms with Gasteiger partial charge >= 0.3 is 0 Å². The Labute approximate surface area is 119 Å². The molecule has 1 aromatic carbocycles. The maximum Gasteiger partial charge on any atom is 0.127 e. The number of hydrogen-bond acceptors (Lipinski definition) is 2. The summed E-state index contributed by atoms with van der Waals surface area (Å²) < 4.78 is 15.8. The molecular weight excluding hydrogens is 253 g/mol. The highest BCUT2D eigenvalue weighted by atomic mass is 19.1. The van der Waals surface area contributed by atoms with Gasteiger partial charge in [0.05, 0.1) is 6.20 Å². The minimum atomic E-state index is -0.164. The van der Waals surface area contributed by atoms with Gasteiger partial charge in [-0.15, -0.1) is 0 Å². The minimum Gasteiger partial charge on any atom is -0.310 e. The third kappa shape index (κ3) is 3.07. The molecule has 3 nitrogen and oxygen atoms in total. The van der Waals surface area contributed by atoms with Gasteiger partial charge < -0.3 is 5.32 Å². The first-order valence-corrected chi connectivity index (χ1v) is 7.07. The number of nitrogens with zero attached hydrogens (tertiary/aromatic N) is 2. The van der Waals surface area contributed by atoms with Crippen molar-refractivity contribution in [2.75, 3.05) is 0 Å². The van der Waals surface area contributed by atoms with Gasteiger partial charge in [0.2, 0.25) is 0 Å². The van der Waals surface area contributed by atoms with Crippen LogP contribution in [0.15, 0.2) is 24.4 Å². The first kappa shape index (κ1) is 14.7. The van der Waals surface area contributed by atoms with Gasteiger partial charge in [-0.1, -0.05) is 19.9 Å². The third-order valence-corrected chi connectivity index (χ3v) is 3.46. The van der Waals surface area contributed by atoms with E-state index in [1.54, 1.807) is 0 Å². The van der Waals surface area contributed by atoms with Gasteiger partial charge in [0.15, 0.2) is 0 Å². The first-order chi connectivity index (χ1) is 9.52. The van der Waals surface area contributed by atoms with Gasteiger partial charge in [0.25, 0.3) is 0 Å². The van der Waals surface area contributed by atoms with E-state index in [1.165, 1.54) is 6.07 Å². The lowest BCUT2D eigenvalue weighted by Crippen LogP contribution is -2.22. The van der Waals surface area contributed by atoms with E-state index in [9.17, 15) is 4.39 Å². The smallest absolute Gasteiger partial charge is 0.127 e. The van der Waals surface area contributed by atoms with E-state index < -0.39 is 0 Å². The highest BCUT2D eigenvalue weighted by Crippen LogP contribution is 2.25. The second kappa shape index (κ2) is 6.18.